The summed E-state index contributed by atoms with van der Waals surface area (Å²) in [6, 6.07) is 0. The summed E-state index contributed by atoms with van der Waals surface area (Å²) in [6.45, 7) is 4.01. The topological polar surface area (TPSA) is 34.1 Å². The molecule has 1 saturated heterocycles. The van der Waals surface area contributed by atoms with Crippen molar-refractivity contribution in [1.82, 2.24) is 0 Å². The van der Waals surface area contributed by atoms with Gasteiger partial charge in [-0.2, -0.15) is 0 Å². The lowest BCUT2D eigenvalue weighted by Crippen LogP contribution is -2.32. The van der Waals surface area contributed by atoms with Crippen molar-refractivity contribution >= 4 is 9.84 Å². The van der Waals surface area contributed by atoms with Crippen LogP contribution < -0.4 is 0 Å². The van der Waals surface area contributed by atoms with Crippen LogP contribution in [0.5, 0.6) is 0 Å². The fraction of sp³-hybridized carbons (Fsp3) is 1.00. The first kappa shape index (κ1) is 7.59. The van der Waals surface area contributed by atoms with E-state index >= 15 is 0 Å². The molecule has 0 radical (unpaired) electrons. The second-order valence-corrected chi connectivity index (χ2v) is 6.93. The summed E-state index contributed by atoms with van der Waals surface area (Å²) in [4.78, 5) is 0. The summed E-state index contributed by atoms with van der Waals surface area (Å²) in [5.41, 5.74) is 0.129. The van der Waals surface area contributed by atoms with Crippen molar-refractivity contribution in [2.45, 2.75) is 37.9 Å². The van der Waals surface area contributed by atoms with Crippen LogP contribution in [0.4, 0.5) is 0 Å². The molecule has 2 aliphatic rings. The van der Waals surface area contributed by atoms with E-state index in [9.17, 15) is 8.42 Å². The molecule has 2 unspecified atom stereocenters. The standard InChI is InChI=1S/C8H14O2S/c1-7-4-3-5-11(9,10)8(7,2)6-7/h3-6H2,1-2H3. The molecule has 1 aliphatic heterocycles. The third-order valence-electron chi connectivity index (χ3n) is 3.71. The lowest BCUT2D eigenvalue weighted by Gasteiger charge is -2.24. The number of hydrogen-bond acceptors (Lipinski definition) is 2. The van der Waals surface area contributed by atoms with Gasteiger partial charge in [0.1, 0.15) is 0 Å². The fourth-order valence-corrected chi connectivity index (χ4v) is 4.78. The van der Waals surface area contributed by atoms with E-state index in [0.29, 0.717) is 5.75 Å². The zero-order valence-electron chi connectivity index (χ0n) is 7.05. The Hall–Kier alpha value is -0.0500. The monoisotopic (exact) mass is 174 g/mol. The van der Waals surface area contributed by atoms with Crippen molar-refractivity contribution in [1.29, 1.82) is 0 Å². The molecule has 1 aliphatic carbocycles. The van der Waals surface area contributed by atoms with Crippen LogP contribution in [0.3, 0.4) is 0 Å². The van der Waals surface area contributed by atoms with Gasteiger partial charge in [0.15, 0.2) is 9.84 Å². The SMILES string of the molecule is CC12CCCS(=O)(=O)C1(C)C2. The van der Waals surface area contributed by atoms with Crippen molar-refractivity contribution in [3.63, 3.8) is 0 Å². The van der Waals surface area contributed by atoms with Gasteiger partial charge < -0.3 is 0 Å². The van der Waals surface area contributed by atoms with Gasteiger partial charge in [0.25, 0.3) is 0 Å². The normalized spacial score (nSPS) is 53.3. The first-order chi connectivity index (χ1) is 4.91. The smallest absolute Gasteiger partial charge is 0.156 e. The Labute approximate surface area is 67.9 Å². The Bertz CT molecular complexity index is 293. The quantitative estimate of drug-likeness (QED) is 0.555. The Morgan fingerprint density at radius 2 is 1.91 bits per heavy atom. The van der Waals surface area contributed by atoms with E-state index < -0.39 is 9.84 Å². The molecule has 2 rings (SSSR count). The Kier molecular flexibility index (Phi) is 1.14. The maximum atomic E-state index is 11.6. The van der Waals surface area contributed by atoms with Crippen molar-refractivity contribution in [2.75, 3.05) is 5.75 Å². The van der Waals surface area contributed by atoms with Gasteiger partial charge in [-0.05, 0) is 31.6 Å². The van der Waals surface area contributed by atoms with Crippen LogP contribution in [0.2, 0.25) is 0 Å². The number of rotatable bonds is 0. The molecule has 1 saturated carbocycles. The molecule has 0 bridgehead atoms. The second kappa shape index (κ2) is 1.65. The van der Waals surface area contributed by atoms with E-state index in [0.717, 1.165) is 19.3 Å². The number of fused-ring (bicyclic) bond motifs is 1. The lowest BCUT2D eigenvalue weighted by atomic mass is 10.0. The van der Waals surface area contributed by atoms with Gasteiger partial charge in [-0.15, -0.1) is 0 Å². The molecule has 0 aromatic carbocycles. The largest absolute Gasteiger partial charge is 0.228 e. The van der Waals surface area contributed by atoms with Gasteiger partial charge in [-0.1, -0.05) is 6.92 Å². The van der Waals surface area contributed by atoms with Crippen LogP contribution in [0, 0.1) is 5.41 Å². The molecule has 11 heavy (non-hydrogen) atoms. The van der Waals surface area contributed by atoms with E-state index in [1.165, 1.54) is 0 Å². The minimum atomic E-state index is -2.75. The van der Waals surface area contributed by atoms with Crippen LogP contribution in [-0.4, -0.2) is 18.9 Å². The summed E-state index contributed by atoms with van der Waals surface area (Å²) < 4.78 is 22.8. The summed E-state index contributed by atoms with van der Waals surface area (Å²) in [5.74, 6) is 0.416. The minimum Gasteiger partial charge on any atom is -0.228 e. The highest BCUT2D eigenvalue weighted by Crippen LogP contribution is 2.65. The zero-order chi connectivity index (χ0) is 8.33. The summed E-state index contributed by atoms with van der Waals surface area (Å²) >= 11 is 0. The fourth-order valence-electron chi connectivity index (χ4n) is 2.42. The summed E-state index contributed by atoms with van der Waals surface area (Å²) in [5, 5.41) is 0. The average molecular weight is 174 g/mol. The molecule has 0 spiro atoms. The highest BCUT2D eigenvalue weighted by atomic mass is 32.2. The van der Waals surface area contributed by atoms with Crippen LogP contribution >= 0.6 is 0 Å². The van der Waals surface area contributed by atoms with Gasteiger partial charge in [0.05, 0.1) is 10.5 Å². The highest BCUT2D eigenvalue weighted by Gasteiger charge is 2.69. The average Bonchev–Trinajstić information content (AvgIpc) is 2.36. The molecule has 0 aromatic rings. The Balaban J connectivity index is 2.45. The first-order valence-corrected chi connectivity index (χ1v) is 5.79. The van der Waals surface area contributed by atoms with Gasteiger partial charge >= 0.3 is 0 Å². The second-order valence-electron chi connectivity index (χ2n) is 4.39. The van der Waals surface area contributed by atoms with Crippen molar-refractivity contribution < 1.29 is 8.42 Å². The molecule has 0 N–H and O–H groups in total. The summed E-state index contributed by atoms with van der Waals surface area (Å²) in [6.07, 6.45) is 2.86. The minimum absolute atomic E-state index is 0.129. The molecule has 64 valence electrons. The van der Waals surface area contributed by atoms with Crippen LogP contribution in [0.25, 0.3) is 0 Å². The molecular weight excluding hydrogens is 160 g/mol. The Morgan fingerprint density at radius 3 is 2.36 bits per heavy atom. The van der Waals surface area contributed by atoms with E-state index in [1.807, 2.05) is 6.92 Å². The molecular formula is C8H14O2S. The third-order valence-corrected chi connectivity index (χ3v) is 6.54. The van der Waals surface area contributed by atoms with Gasteiger partial charge in [-0.25, -0.2) is 8.42 Å². The first-order valence-electron chi connectivity index (χ1n) is 4.14. The predicted molar refractivity (Wildman–Crippen MR) is 44.1 cm³/mol. The van der Waals surface area contributed by atoms with Crippen molar-refractivity contribution in [3.05, 3.63) is 0 Å². The van der Waals surface area contributed by atoms with Gasteiger partial charge in [-0.3, -0.25) is 0 Å². The van der Waals surface area contributed by atoms with Crippen molar-refractivity contribution in [3.8, 4) is 0 Å². The van der Waals surface area contributed by atoms with Crippen LogP contribution in [0.15, 0.2) is 0 Å². The van der Waals surface area contributed by atoms with Crippen LogP contribution in [0.1, 0.15) is 33.1 Å². The van der Waals surface area contributed by atoms with E-state index in [2.05, 4.69) is 6.92 Å². The summed E-state index contributed by atoms with van der Waals surface area (Å²) in [7, 11) is -2.75. The van der Waals surface area contributed by atoms with E-state index in [-0.39, 0.29) is 10.2 Å². The molecule has 0 amide bonds. The van der Waals surface area contributed by atoms with Crippen molar-refractivity contribution in [2.24, 2.45) is 5.41 Å². The molecule has 2 fully saturated rings. The molecule has 0 aromatic heterocycles. The Morgan fingerprint density at radius 1 is 1.27 bits per heavy atom. The van der Waals surface area contributed by atoms with E-state index in [4.69, 9.17) is 0 Å². The number of sulfone groups is 1. The molecule has 2 nitrogen and oxygen atoms in total. The molecule has 1 heterocycles. The van der Waals surface area contributed by atoms with Gasteiger partial charge in [0.2, 0.25) is 0 Å². The van der Waals surface area contributed by atoms with E-state index in [1.54, 1.807) is 0 Å². The number of hydrogen-bond donors (Lipinski definition) is 0. The third kappa shape index (κ3) is 0.701. The lowest BCUT2D eigenvalue weighted by molar-refractivity contribution is 0.444. The maximum Gasteiger partial charge on any atom is 0.156 e. The predicted octanol–water partition coefficient (Wildman–Crippen LogP) is 1.36. The molecule has 2 atom stereocenters. The highest BCUT2D eigenvalue weighted by molar-refractivity contribution is 7.93. The van der Waals surface area contributed by atoms with Gasteiger partial charge in [0, 0.05) is 0 Å². The molecule has 3 heteroatoms. The van der Waals surface area contributed by atoms with Crippen LogP contribution in [-0.2, 0) is 9.84 Å². The zero-order valence-corrected chi connectivity index (χ0v) is 7.87. The maximum absolute atomic E-state index is 11.6.